The van der Waals surface area contributed by atoms with Crippen LogP contribution in [0.4, 0.5) is 4.79 Å². The monoisotopic (exact) mass is 282 g/mol. The summed E-state index contributed by atoms with van der Waals surface area (Å²) in [5.74, 6) is 0. The highest BCUT2D eigenvalue weighted by molar-refractivity contribution is 7.09. The topological polar surface area (TPSA) is 66.9 Å². The third kappa shape index (κ3) is 3.78. The van der Waals surface area contributed by atoms with Gasteiger partial charge in [0.05, 0.1) is 13.1 Å². The largest absolute Gasteiger partial charge is 0.332 e. The van der Waals surface area contributed by atoms with E-state index in [1.54, 1.807) is 22.7 Å². The van der Waals surface area contributed by atoms with Crippen molar-refractivity contribution in [3.05, 3.63) is 32.2 Å². The molecule has 0 aliphatic heterocycles. The van der Waals surface area contributed by atoms with Crippen molar-refractivity contribution in [3.8, 4) is 0 Å². The third-order valence-electron chi connectivity index (χ3n) is 2.13. The van der Waals surface area contributed by atoms with Crippen molar-refractivity contribution in [1.82, 2.24) is 20.6 Å². The average molecular weight is 282 g/mol. The second kappa shape index (κ2) is 5.92. The molecule has 0 aliphatic carbocycles. The van der Waals surface area contributed by atoms with E-state index in [9.17, 15) is 4.79 Å². The molecule has 0 aliphatic rings. The highest BCUT2D eigenvalue weighted by Crippen LogP contribution is 2.08. The molecule has 0 saturated carbocycles. The summed E-state index contributed by atoms with van der Waals surface area (Å²) in [5, 5.41) is 11.3. The number of nitrogens with one attached hydrogen (secondary N) is 2. The number of aryl methyl sites for hydroxylation is 2. The minimum absolute atomic E-state index is 0.198. The van der Waals surface area contributed by atoms with Crippen LogP contribution in [0, 0.1) is 13.8 Å². The third-order valence-corrected chi connectivity index (χ3v) is 4.07. The molecule has 2 aromatic heterocycles. The predicted molar refractivity (Wildman–Crippen MR) is 72.8 cm³/mol. The van der Waals surface area contributed by atoms with Gasteiger partial charge < -0.3 is 10.6 Å². The lowest BCUT2D eigenvalue weighted by molar-refractivity contribution is 0.240. The molecule has 0 bridgehead atoms. The van der Waals surface area contributed by atoms with E-state index in [-0.39, 0.29) is 6.03 Å². The molecule has 2 amide bonds. The highest BCUT2D eigenvalue weighted by Gasteiger charge is 2.04. The summed E-state index contributed by atoms with van der Waals surface area (Å²) < 4.78 is 0. The van der Waals surface area contributed by atoms with Crippen LogP contribution in [0.1, 0.15) is 21.4 Å². The first kappa shape index (κ1) is 13.0. The van der Waals surface area contributed by atoms with Gasteiger partial charge in [-0.25, -0.2) is 14.8 Å². The number of nitrogens with zero attached hydrogens (tertiary/aromatic N) is 2. The summed E-state index contributed by atoms with van der Waals surface area (Å²) in [7, 11) is 0. The van der Waals surface area contributed by atoms with Crippen LogP contribution in [-0.4, -0.2) is 16.0 Å². The molecule has 5 nitrogen and oxygen atoms in total. The number of rotatable bonds is 4. The van der Waals surface area contributed by atoms with Crippen LogP contribution in [-0.2, 0) is 13.1 Å². The van der Waals surface area contributed by atoms with Crippen molar-refractivity contribution >= 4 is 28.7 Å². The molecule has 0 saturated heterocycles. The van der Waals surface area contributed by atoms with Gasteiger partial charge in [0, 0.05) is 22.1 Å². The Labute approximate surface area is 113 Å². The van der Waals surface area contributed by atoms with Gasteiger partial charge in [-0.15, -0.1) is 22.7 Å². The Kier molecular flexibility index (Phi) is 4.27. The lowest BCUT2D eigenvalue weighted by atomic mass is 10.5. The fraction of sp³-hybridized carbons (Fsp3) is 0.364. The first-order chi connectivity index (χ1) is 8.63. The molecular weight excluding hydrogens is 268 g/mol. The Bertz CT molecular complexity index is 488. The van der Waals surface area contributed by atoms with Crippen LogP contribution in [0.3, 0.4) is 0 Å². The van der Waals surface area contributed by atoms with E-state index >= 15 is 0 Å². The summed E-state index contributed by atoms with van der Waals surface area (Å²) in [4.78, 5) is 20.1. The van der Waals surface area contributed by atoms with E-state index < -0.39 is 0 Å². The van der Waals surface area contributed by atoms with E-state index in [0.29, 0.717) is 13.1 Å². The highest BCUT2D eigenvalue weighted by atomic mass is 32.1. The zero-order valence-electron chi connectivity index (χ0n) is 10.2. The molecule has 0 atom stereocenters. The minimum Gasteiger partial charge on any atom is -0.332 e. The van der Waals surface area contributed by atoms with Crippen molar-refractivity contribution in [2.24, 2.45) is 0 Å². The van der Waals surface area contributed by atoms with Gasteiger partial charge in [0.15, 0.2) is 0 Å². The quantitative estimate of drug-likeness (QED) is 0.903. The van der Waals surface area contributed by atoms with Gasteiger partial charge in [0.1, 0.15) is 10.0 Å². The molecule has 96 valence electrons. The van der Waals surface area contributed by atoms with Crippen molar-refractivity contribution in [2.75, 3.05) is 0 Å². The molecule has 2 aromatic rings. The van der Waals surface area contributed by atoms with Crippen LogP contribution >= 0.6 is 22.7 Å². The van der Waals surface area contributed by atoms with Crippen LogP contribution in [0.25, 0.3) is 0 Å². The number of aromatic nitrogens is 2. The number of carbonyl (C=O) groups excluding carboxylic acids is 1. The number of thiazole rings is 2. The molecule has 0 unspecified atom stereocenters. The standard InChI is InChI=1S/C11H14N4OS2/c1-7-5-17-9(14-7)3-12-11(16)13-4-10-15-8(2)6-18-10/h5-6H,3-4H2,1-2H3,(H2,12,13,16). The lowest BCUT2D eigenvalue weighted by Crippen LogP contribution is -2.34. The lowest BCUT2D eigenvalue weighted by Gasteiger charge is -2.04. The van der Waals surface area contributed by atoms with Crippen LogP contribution in [0.5, 0.6) is 0 Å². The van der Waals surface area contributed by atoms with E-state index in [1.807, 2.05) is 24.6 Å². The van der Waals surface area contributed by atoms with Crippen LogP contribution in [0.2, 0.25) is 0 Å². The molecule has 18 heavy (non-hydrogen) atoms. The van der Waals surface area contributed by atoms with Crippen LogP contribution < -0.4 is 10.6 Å². The molecule has 2 rings (SSSR count). The SMILES string of the molecule is Cc1csc(CNC(=O)NCc2nc(C)cs2)n1. The molecule has 2 heterocycles. The molecule has 0 fully saturated rings. The molecule has 7 heteroatoms. The zero-order valence-corrected chi connectivity index (χ0v) is 11.8. The molecule has 0 radical (unpaired) electrons. The Morgan fingerprint density at radius 1 is 1.06 bits per heavy atom. The zero-order chi connectivity index (χ0) is 13.0. The van der Waals surface area contributed by atoms with Gasteiger partial charge in [0.25, 0.3) is 0 Å². The van der Waals surface area contributed by atoms with Crippen molar-refractivity contribution in [2.45, 2.75) is 26.9 Å². The van der Waals surface area contributed by atoms with Gasteiger partial charge in [-0.3, -0.25) is 0 Å². The normalized spacial score (nSPS) is 10.3. The van der Waals surface area contributed by atoms with E-state index in [1.165, 1.54) is 0 Å². The smallest absolute Gasteiger partial charge is 0.315 e. The molecule has 0 spiro atoms. The van der Waals surface area contributed by atoms with Crippen molar-refractivity contribution in [3.63, 3.8) is 0 Å². The first-order valence-corrected chi connectivity index (χ1v) is 7.23. The number of urea groups is 1. The molecular formula is C11H14N4OS2. The summed E-state index contributed by atoms with van der Waals surface area (Å²) in [6.45, 7) is 4.79. The molecule has 0 aromatic carbocycles. The first-order valence-electron chi connectivity index (χ1n) is 5.47. The van der Waals surface area contributed by atoms with Crippen molar-refractivity contribution < 1.29 is 4.79 Å². The second-order valence-corrected chi connectivity index (χ2v) is 5.69. The molecule has 2 N–H and O–H groups in total. The maximum absolute atomic E-state index is 11.5. The van der Waals surface area contributed by atoms with Gasteiger partial charge in [-0.05, 0) is 13.8 Å². The maximum Gasteiger partial charge on any atom is 0.315 e. The fourth-order valence-electron chi connectivity index (χ4n) is 1.34. The number of hydrogen-bond donors (Lipinski definition) is 2. The Balaban J connectivity index is 1.72. The van der Waals surface area contributed by atoms with Gasteiger partial charge in [-0.1, -0.05) is 0 Å². The van der Waals surface area contributed by atoms with Crippen molar-refractivity contribution in [1.29, 1.82) is 0 Å². The van der Waals surface area contributed by atoms with E-state index in [0.717, 1.165) is 21.4 Å². The predicted octanol–water partition coefficient (Wildman–Crippen LogP) is 2.22. The van der Waals surface area contributed by atoms with Crippen LogP contribution in [0.15, 0.2) is 10.8 Å². The summed E-state index contributed by atoms with van der Waals surface area (Å²) >= 11 is 3.09. The Hall–Kier alpha value is -1.47. The number of amides is 2. The summed E-state index contributed by atoms with van der Waals surface area (Å²) in [6, 6.07) is -0.198. The number of carbonyl (C=O) groups is 1. The van der Waals surface area contributed by atoms with E-state index in [2.05, 4.69) is 20.6 Å². The summed E-state index contributed by atoms with van der Waals surface area (Å²) in [6.07, 6.45) is 0. The maximum atomic E-state index is 11.5. The van der Waals surface area contributed by atoms with E-state index in [4.69, 9.17) is 0 Å². The number of hydrogen-bond acceptors (Lipinski definition) is 5. The van der Waals surface area contributed by atoms with Gasteiger partial charge >= 0.3 is 6.03 Å². The van der Waals surface area contributed by atoms with Gasteiger partial charge in [-0.2, -0.15) is 0 Å². The Morgan fingerprint density at radius 3 is 1.83 bits per heavy atom. The minimum atomic E-state index is -0.198. The fourth-order valence-corrected chi connectivity index (χ4v) is 2.77. The second-order valence-electron chi connectivity index (χ2n) is 3.80. The Morgan fingerprint density at radius 2 is 1.50 bits per heavy atom. The average Bonchev–Trinajstić information content (AvgIpc) is 2.93. The summed E-state index contributed by atoms with van der Waals surface area (Å²) in [5.41, 5.74) is 1.96. The van der Waals surface area contributed by atoms with Gasteiger partial charge in [0.2, 0.25) is 0 Å².